The molecule has 100 valence electrons. The van der Waals surface area contributed by atoms with E-state index in [-0.39, 0.29) is 11.3 Å². The maximum Gasteiger partial charge on any atom is 0.289 e. The number of hydrogen-bond acceptors (Lipinski definition) is 5. The van der Waals surface area contributed by atoms with Gasteiger partial charge in [-0.15, -0.1) is 0 Å². The van der Waals surface area contributed by atoms with Gasteiger partial charge in [-0.2, -0.15) is 5.26 Å². The van der Waals surface area contributed by atoms with E-state index in [4.69, 9.17) is 5.26 Å². The second-order valence-electron chi connectivity index (χ2n) is 4.22. The average molecular weight is 268 g/mol. The van der Waals surface area contributed by atoms with Crippen molar-refractivity contribution in [3.05, 3.63) is 63.5 Å². The fourth-order valence-electron chi connectivity index (χ4n) is 1.78. The van der Waals surface area contributed by atoms with Gasteiger partial charge in [0, 0.05) is 18.0 Å². The lowest BCUT2D eigenvalue weighted by Crippen LogP contribution is -2.04. The summed E-state index contributed by atoms with van der Waals surface area (Å²) in [6.07, 6.45) is 1.70. The number of hydrogen-bond donors (Lipinski definition) is 1. The number of rotatable bonds is 4. The molecule has 0 unspecified atom stereocenters. The molecule has 6 nitrogen and oxygen atoms in total. The van der Waals surface area contributed by atoms with Crippen molar-refractivity contribution in [3.8, 4) is 6.07 Å². The third-order valence-corrected chi connectivity index (χ3v) is 2.89. The Morgan fingerprint density at radius 3 is 2.90 bits per heavy atom. The summed E-state index contributed by atoms with van der Waals surface area (Å²) in [5.41, 5.74) is 2.35. The maximum atomic E-state index is 10.9. The lowest BCUT2D eigenvalue weighted by Gasteiger charge is -2.08. The highest BCUT2D eigenvalue weighted by Gasteiger charge is 2.14. The van der Waals surface area contributed by atoms with Gasteiger partial charge in [-0.3, -0.25) is 15.1 Å². The van der Waals surface area contributed by atoms with E-state index in [0.29, 0.717) is 12.2 Å². The van der Waals surface area contributed by atoms with Gasteiger partial charge in [0.15, 0.2) is 0 Å². The van der Waals surface area contributed by atoms with Crippen LogP contribution in [0.4, 0.5) is 11.4 Å². The van der Waals surface area contributed by atoms with Crippen molar-refractivity contribution in [2.24, 2.45) is 0 Å². The topological polar surface area (TPSA) is 91.8 Å². The number of nitro groups is 1. The zero-order valence-electron chi connectivity index (χ0n) is 10.8. The molecular weight excluding hydrogens is 256 g/mol. The number of nitrogens with zero attached hydrogens (tertiary/aromatic N) is 3. The maximum absolute atomic E-state index is 10.9. The van der Waals surface area contributed by atoms with Gasteiger partial charge in [-0.05, 0) is 30.7 Å². The minimum atomic E-state index is -0.560. The van der Waals surface area contributed by atoms with Crippen molar-refractivity contribution in [3.63, 3.8) is 0 Å². The first-order valence-corrected chi connectivity index (χ1v) is 5.94. The lowest BCUT2D eigenvalue weighted by molar-refractivity contribution is -0.385. The third-order valence-electron chi connectivity index (χ3n) is 2.89. The normalized spacial score (nSPS) is 9.80. The molecule has 0 spiro atoms. The van der Waals surface area contributed by atoms with Gasteiger partial charge in [-0.1, -0.05) is 6.07 Å². The van der Waals surface area contributed by atoms with E-state index in [1.165, 1.54) is 12.1 Å². The molecule has 1 N–H and O–H groups in total. The van der Waals surface area contributed by atoms with Crippen LogP contribution in [0.2, 0.25) is 0 Å². The summed E-state index contributed by atoms with van der Waals surface area (Å²) in [7, 11) is 0. The zero-order valence-corrected chi connectivity index (χ0v) is 10.8. The largest absolute Gasteiger partial charge is 0.379 e. The Hall–Kier alpha value is -2.94. The quantitative estimate of drug-likeness (QED) is 0.680. The minimum absolute atomic E-state index is 0.0505. The highest BCUT2D eigenvalue weighted by Crippen LogP contribution is 2.22. The molecule has 2 rings (SSSR count). The molecule has 1 aromatic carbocycles. The van der Waals surface area contributed by atoms with Gasteiger partial charge in [0.25, 0.3) is 5.69 Å². The van der Waals surface area contributed by atoms with Gasteiger partial charge < -0.3 is 5.32 Å². The van der Waals surface area contributed by atoms with Gasteiger partial charge >= 0.3 is 0 Å². The smallest absolute Gasteiger partial charge is 0.289 e. The van der Waals surface area contributed by atoms with Crippen LogP contribution in [0, 0.1) is 28.4 Å². The van der Waals surface area contributed by atoms with Gasteiger partial charge in [0.05, 0.1) is 17.2 Å². The van der Waals surface area contributed by atoms with Crippen LogP contribution in [0.15, 0.2) is 36.5 Å². The fraction of sp³-hybridized carbons (Fsp3) is 0.143. The number of aromatic nitrogens is 1. The zero-order chi connectivity index (χ0) is 14.5. The molecule has 0 saturated carbocycles. The number of nitrogens with one attached hydrogen (secondary N) is 1. The van der Waals surface area contributed by atoms with Crippen molar-refractivity contribution < 1.29 is 4.92 Å². The van der Waals surface area contributed by atoms with Gasteiger partial charge in [0.1, 0.15) is 11.6 Å². The molecule has 20 heavy (non-hydrogen) atoms. The average Bonchev–Trinajstić information content (AvgIpc) is 2.46. The number of benzene rings is 1. The number of aryl methyl sites for hydroxylation is 1. The molecular formula is C14H12N4O2. The molecule has 1 heterocycles. The predicted octanol–water partition coefficient (Wildman–Crippen LogP) is 2.78. The molecule has 1 aromatic heterocycles. The van der Waals surface area contributed by atoms with Crippen molar-refractivity contribution in [1.29, 1.82) is 5.26 Å². The molecule has 0 atom stereocenters. The summed E-state index contributed by atoms with van der Waals surface area (Å²) in [6, 6.07) is 10.0. The highest BCUT2D eigenvalue weighted by atomic mass is 16.6. The van der Waals surface area contributed by atoms with E-state index in [2.05, 4.69) is 10.3 Å². The Bertz CT molecular complexity index is 692. The molecule has 0 bridgehead atoms. The Labute approximate surface area is 115 Å². The van der Waals surface area contributed by atoms with Crippen LogP contribution in [0.1, 0.15) is 16.8 Å². The molecule has 0 aliphatic rings. The Kier molecular flexibility index (Phi) is 3.91. The number of pyridine rings is 1. The molecule has 0 amide bonds. The summed E-state index contributed by atoms with van der Waals surface area (Å²) in [6.45, 7) is 2.42. The minimum Gasteiger partial charge on any atom is -0.379 e. The van der Waals surface area contributed by atoms with Crippen LogP contribution >= 0.6 is 0 Å². The Morgan fingerprint density at radius 2 is 2.25 bits per heavy atom. The molecule has 2 aromatic rings. The summed E-state index contributed by atoms with van der Waals surface area (Å²) in [5, 5.41) is 22.8. The number of nitro benzene ring substituents is 1. The molecule has 0 saturated heterocycles. The SMILES string of the molecule is Cc1cccnc1CNc1ccc(C#N)c([N+](=O)[O-])c1. The van der Waals surface area contributed by atoms with Crippen molar-refractivity contribution in [2.75, 3.05) is 5.32 Å². The molecule has 0 aliphatic heterocycles. The van der Waals surface area contributed by atoms with Crippen molar-refractivity contribution in [2.45, 2.75) is 13.5 Å². The van der Waals surface area contributed by atoms with E-state index < -0.39 is 4.92 Å². The molecule has 0 radical (unpaired) electrons. The van der Waals surface area contributed by atoms with E-state index >= 15 is 0 Å². The first-order valence-electron chi connectivity index (χ1n) is 5.94. The highest BCUT2D eigenvalue weighted by molar-refractivity contribution is 5.59. The van der Waals surface area contributed by atoms with Crippen LogP contribution in [-0.4, -0.2) is 9.91 Å². The second kappa shape index (κ2) is 5.80. The summed E-state index contributed by atoms with van der Waals surface area (Å²) in [4.78, 5) is 14.6. The molecule has 6 heteroatoms. The Morgan fingerprint density at radius 1 is 1.45 bits per heavy atom. The molecule has 0 fully saturated rings. The fourth-order valence-corrected chi connectivity index (χ4v) is 1.78. The first kappa shape index (κ1) is 13.5. The third kappa shape index (κ3) is 2.90. The van der Waals surface area contributed by atoms with E-state index in [1.54, 1.807) is 18.3 Å². The van der Waals surface area contributed by atoms with Crippen LogP contribution in [0.5, 0.6) is 0 Å². The van der Waals surface area contributed by atoms with Crippen LogP contribution < -0.4 is 5.32 Å². The van der Waals surface area contributed by atoms with Crippen LogP contribution in [0.3, 0.4) is 0 Å². The standard InChI is InChI=1S/C14H12N4O2/c1-10-3-2-6-16-13(10)9-17-12-5-4-11(8-15)14(7-12)18(19)20/h2-7,17H,9H2,1H3. The number of nitriles is 1. The number of anilines is 1. The predicted molar refractivity (Wildman–Crippen MR) is 74.1 cm³/mol. The van der Waals surface area contributed by atoms with Gasteiger partial charge in [0.2, 0.25) is 0 Å². The summed E-state index contributed by atoms with van der Waals surface area (Å²) < 4.78 is 0. The van der Waals surface area contributed by atoms with Crippen molar-refractivity contribution in [1.82, 2.24) is 4.98 Å². The molecule has 0 aliphatic carbocycles. The van der Waals surface area contributed by atoms with E-state index in [1.807, 2.05) is 19.1 Å². The second-order valence-corrected chi connectivity index (χ2v) is 4.22. The van der Waals surface area contributed by atoms with Gasteiger partial charge in [-0.25, -0.2) is 0 Å². The van der Waals surface area contributed by atoms with E-state index in [0.717, 1.165) is 11.3 Å². The lowest BCUT2D eigenvalue weighted by atomic mass is 10.1. The first-order chi connectivity index (χ1) is 9.61. The van der Waals surface area contributed by atoms with E-state index in [9.17, 15) is 10.1 Å². The summed E-state index contributed by atoms with van der Waals surface area (Å²) in [5.74, 6) is 0. The van der Waals surface area contributed by atoms with Crippen LogP contribution in [0.25, 0.3) is 0 Å². The van der Waals surface area contributed by atoms with Crippen molar-refractivity contribution >= 4 is 11.4 Å². The Balaban J connectivity index is 2.19. The van der Waals surface area contributed by atoms with Crippen LogP contribution in [-0.2, 0) is 6.54 Å². The monoisotopic (exact) mass is 268 g/mol. The summed E-state index contributed by atoms with van der Waals surface area (Å²) >= 11 is 0.